The number of hydrogen-bond acceptors (Lipinski definition) is 6. The standard InChI is InChI=1S/C16H17N7O/c1-2-10-13(15-17-5-3-6-18-15)21-22-14(10)16(24)23-7-4-11-12(8-23)20-9-19-11/h3,5-6,9-10H,2,4,7-8H2,1H3,(H,19,20). The lowest BCUT2D eigenvalue weighted by Crippen LogP contribution is -2.43. The third kappa shape index (κ3) is 2.40. The number of rotatable bonds is 3. The Balaban J connectivity index is 1.54. The number of H-pyrrole nitrogens is 1. The predicted molar refractivity (Wildman–Crippen MR) is 87.5 cm³/mol. The van der Waals surface area contributed by atoms with Crippen molar-refractivity contribution in [3.8, 4) is 0 Å². The van der Waals surface area contributed by atoms with Gasteiger partial charge in [0.25, 0.3) is 5.91 Å². The minimum absolute atomic E-state index is 0.0724. The van der Waals surface area contributed by atoms with Gasteiger partial charge in [-0.25, -0.2) is 15.0 Å². The summed E-state index contributed by atoms with van der Waals surface area (Å²) in [4.78, 5) is 30.6. The topological polar surface area (TPSA) is 99.5 Å². The van der Waals surface area contributed by atoms with Crippen LogP contribution in [0.4, 0.5) is 0 Å². The van der Waals surface area contributed by atoms with Crippen molar-refractivity contribution in [2.45, 2.75) is 26.3 Å². The molecule has 24 heavy (non-hydrogen) atoms. The van der Waals surface area contributed by atoms with Crippen LogP contribution in [0.5, 0.6) is 0 Å². The third-order valence-corrected chi connectivity index (χ3v) is 4.41. The summed E-state index contributed by atoms with van der Waals surface area (Å²) in [7, 11) is 0. The molecule has 2 aliphatic rings. The maximum atomic E-state index is 12.9. The fourth-order valence-corrected chi connectivity index (χ4v) is 3.13. The first-order valence-electron chi connectivity index (χ1n) is 8.01. The van der Waals surface area contributed by atoms with Gasteiger partial charge in [-0.05, 0) is 12.5 Å². The van der Waals surface area contributed by atoms with Crippen molar-refractivity contribution in [1.29, 1.82) is 0 Å². The second kappa shape index (κ2) is 5.95. The summed E-state index contributed by atoms with van der Waals surface area (Å²) in [5.74, 6) is 0.297. The minimum Gasteiger partial charge on any atom is -0.347 e. The summed E-state index contributed by atoms with van der Waals surface area (Å²) in [6, 6.07) is 1.75. The Morgan fingerprint density at radius 3 is 2.92 bits per heavy atom. The molecule has 8 heteroatoms. The maximum Gasteiger partial charge on any atom is 0.271 e. The molecule has 0 radical (unpaired) electrons. The molecule has 2 aromatic heterocycles. The molecule has 0 fully saturated rings. The Kier molecular flexibility index (Phi) is 3.64. The van der Waals surface area contributed by atoms with Crippen molar-refractivity contribution < 1.29 is 4.79 Å². The lowest BCUT2D eigenvalue weighted by Gasteiger charge is -2.27. The third-order valence-electron chi connectivity index (χ3n) is 4.41. The molecule has 0 aromatic carbocycles. The summed E-state index contributed by atoms with van der Waals surface area (Å²) in [6.07, 6.45) is 6.49. The largest absolute Gasteiger partial charge is 0.347 e. The molecule has 0 saturated carbocycles. The highest BCUT2D eigenvalue weighted by atomic mass is 16.2. The normalized spacial score (nSPS) is 19.7. The molecular formula is C16H17N7O. The summed E-state index contributed by atoms with van der Waals surface area (Å²) in [5.41, 5.74) is 3.17. The lowest BCUT2D eigenvalue weighted by atomic mass is 9.93. The van der Waals surface area contributed by atoms with Crippen molar-refractivity contribution in [3.63, 3.8) is 0 Å². The molecule has 1 unspecified atom stereocenters. The van der Waals surface area contributed by atoms with E-state index in [1.807, 2.05) is 6.92 Å². The summed E-state index contributed by atoms with van der Waals surface area (Å²) >= 11 is 0. The van der Waals surface area contributed by atoms with Crippen LogP contribution in [-0.2, 0) is 17.8 Å². The highest BCUT2D eigenvalue weighted by Gasteiger charge is 2.36. The summed E-state index contributed by atoms with van der Waals surface area (Å²) in [6.45, 7) is 3.19. The van der Waals surface area contributed by atoms with E-state index >= 15 is 0 Å². The fourth-order valence-electron chi connectivity index (χ4n) is 3.13. The van der Waals surface area contributed by atoms with E-state index in [0.717, 1.165) is 24.2 Å². The Hall–Kier alpha value is -2.90. The zero-order valence-corrected chi connectivity index (χ0v) is 13.3. The Labute approximate surface area is 138 Å². The zero-order chi connectivity index (χ0) is 16.5. The van der Waals surface area contributed by atoms with E-state index in [2.05, 4.69) is 30.1 Å². The molecule has 2 aromatic rings. The van der Waals surface area contributed by atoms with E-state index in [1.165, 1.54) is 0 Å². The van der Waals surface area contributed by atoms with E-state index < -0.39 is 0 Å². The SMILES string of the molecule is CCC1C(C(=O)N2CCc3nc[nH]c3C2)=NN=C1c1ncccn1. The smallest absolute Gasteiger partial charge is 0.271 e. The van der Waals surface area contributed by atoms with Crippen LogP contribution in [0.1, 0.15) is 30.6 Å². The van der Waals surface area contributed by atoms with Gasteiger partial charge in [0.1, 0.15) is 11.4 Å². The van der Waals surface area contributed by atoms with E-state index in [4.69, 9.17) is 0 Å². The fraction of sp³-hybridized carbons (Fsp3) is 0.375. The van der Waals surface area contributed by atoms with Gasteiger partial charge in [0.05, 0.1) is 30.2 Å². The number of imidazole rings is 1. The van der Waals surface area contributed by atoms with E-state index in [-0.39, 0.29) is 11.8 Å². The minimum atomic E-state index is -0.164. The first-order valence-corrected chi connectivity index (χ1v) is 8.01. The van der Waals surface area contributed by atoms with Crippen molar-refractivity contribution in [1.82, 2.24) is 24.8 Å². The first-order chi connectivity index (χ1) is 11.8. The number of carbonyl (C=O) groups excluding carboxylic acids is 1. The van der Waals surface area contributed by atoms with Gasteiger partial charge >= 0.3 is 0 Å². The van der Waals surface area contributed by atoms with Crippen molar-refractivity contribution >= 4 is 17.3 Å². The molecule has 0 saturated heterocycles. The Morgan fingerprint density at radius 2 is 2.12 bits per heavy atom. The van der Waals surface area contributed by atoms with E-state index in [9.17, 15) is 4.79 Å². The number of nitrogens with one attached hydrogen (secondary N) is 1. The second-order valence-electron chi connectivity index (χ2n) is 5.81. The van der Waals surface area contributed by atoms with Crippen molar-refractivity contribution in [3.05, 3.63) is 42.0 Å². The average molecular weight is 323 g/mol. The number of nitrogens with zero attached hydrogens (tertiary/aromatic N) is 6. The van der Waals surface area contributed by atoms with Gasteiger partial charge in [-0.2, -0.15) is 5.10 Å². The molecule has 2 aliphatic heterocycles. The number of aromatic amines is 1. The van der Waals surface area contributed by atoms with E-state index in [0.29, 0.717) is 30.3 Å². The monoisotopic (exact) mass is 323 g/mol. The number of carbonyl (C=O) groups is 1. The van der Waals surface area contributed by atoms with Crippen molar-refractivity contribution in [2.75, 3.05) is 6.54 Å². The van der Waals surface area contributed by atoms with Gasteiger partial charge in [-0.15, -0.1) is 5.10 Å². The predicted octanol–water partition coefficient (Wildman–Crippen LogP) is 0.969. The van der Waals surface area contributed by atoms with Gasteiger partial charge in [-0.1, -0.05) is 6.92 Å². The molecule has 4 heterocycles. The van der Waals surface area contributed by atoms with Crippen LogP contribution in [-0.4, -0.2) is 48.7 Å². The van der Waals surface area contributed by atoms with Gasteiger partial charge in [0.15, 0.2) is 5.82 Å². The molecule has 0 spiro atoms. The van der Waals surface area contributed by atoms with E-state index in [1.54, 1.807) is 29.7 Å². The number of fused-ring (bicyclic) bond motifs is 1. The Morgan fingerprint density at radius 1 is 1.29 bits per heavy atom. The van der Waals surface area contributed by atoms with Gasteiger partial charge < -0.3 is 9.88 Å². The molecule has 0 aliphatic carbocycles. The molecule has 1 atom stereocenters. The van der Waals surface area contributed by atoms with Gasteiger partial charge in [0.2, 0.25) is 0 Å². The molecule has 1 amide bonds. The molecule has 8 nitrogen and oxygen atoms in total. The number of amides is 1. The quantitative estimate of drug-likeness (QED) is 0.909. The lowest BCUT2D eigenvalue weighted by molar-refractivity contribution is -0.125. The van der Waals surface area contributed by atoms with Crippen LogP contribution in [0.25, 0.3) is 0 Å². The van der Waals surface area contributed by atoms with Crippen LogP contribution in [0, 0.1) is 5.92 Å². The molecule has 0 bridgehead atoms. The van der Waals surface area contributed by atoms with Crippen LogP contribution in [0.2, 0.25) is 0 Å². The summed E-state index contributed by atoms with van der Waals surface area (Å²) < 4.78 is 0. The second-order valence-corrected chi connectivity index (χ2v) is 5.81. The molecule has 4 rings (SSSR count). The van der Waals surface area contributed by atoms with Gasteiger partial charge in [0, 0.05) is 25.4 Å². The van der Waals surface area contributed by atoms with Crippen molar-refractivity contribution in [2.24, 2.45) is 16.1 Å². The van der Waals surface area contributed by atoms with Crippen LogP contribution in [0.3, 0.4) is 0 Å². The highest BCUT2D eigenvalue weighted by molar-refractivity contribution is 6.45. The Bertz CT molecular complexity index is 824. The average Bonchev–Trinajstić information content (AvgIpc) is 3.27. The number of aromatic nitrogens is 4. The molecule has 122 valence electrons. The van der Waals surface area contributed by atoms with Crippen LogP contribution in [0.15, 0.2) is 35.0 Å². The summed E-state index contributed by atoms with van der Waals surface area (Å²) in [5, 5.41) is 8.37. The molecule has 1 N–H and O–H groups in total. The van der Waals surface area contributed by atoms with Gasteiger partial charge in [-0.3, -0.25) is 4.79 Å². The highest BCUT2D eigenvalue weighted by Crippen LogP contribution is 2.22. The van der Waals surface area contributed by atoms with Crippen LogP contribution >= 0.6 is 0 Å². The molecular weight excluding hydrogens is 306 g/mol. The first kappa shape index (κ1) is 14.7. The maximum absolute atomic E-state index is 12.9. The zero-order valence-electron chi connectivity index (χ0n) is 13.3. The van der Waals surface area contributed by atoms with Crippen LogP contribution < -0.4 is 0 Å². The number of hydrogen-bond donors (Lipinski definition) is 1.